The summed E-state index contributed by atoms with van der Waals surface area (Å²) in [6.45, 7) is 0. The molecule has 0 amide bonds. The van der Waals surface area contributed by atoms with Gasteiger partial charge in [-0.3, -0.25) is 4.98 Å². The van der Waals surface area contributed by atoms with Crippen molar-refractivity contribution in [2.24, 2.45) is 7.05 Å². The SMILES string of the molecule is Cn1cc(-c2cccc3c(C(O)C(F)(F)F)ccnc23)cc1C(O)C(F)(F)F. The van der Waals surface area contributed by atoms with E-state index in [0.29, 0.717) is 0 Å². The van der Waals surface area contributed by atoms with E-state index in [2.05, 4.69) is 4.98 Å². The zero-order valence-corrected chi connectivity index (χ0v) is 14.3. The van der Waals surface area contributed by atoms with Gasteiger partial charge in [-0.2, -0.15) is 26.3 Å². The molecule has 1 aromatic carbocycles. The molecular formula is C18H14F6N2O2. The van der Waals surface area contributed by atoms with Gasteiger partial charge in [0.05, 0.1) is 11.2 Å². The van der Waals surface area contributed by atoms with E-state index in [-0.39, 0.29) is 22.0 Å². The first-order valence-corrected chi connectivity index (χ1v) is 7.95. The summed E-state index contributed by atoms with van der Waals surface area (Å²) in [5.41, 5.74) is -0.249. The predicted octanol–water partition coefficient (Wildman–Crippen LogP) is 4.43. The summed E-state index contributed by atoms with van der Waals surface area (Å²) in [5, 5.41) is 19.1. The lowest BCUT2D eigenvalue weighted by Crippen LogP contribution is -2.22. The maximum absolute atomic E-state index is 12.9. The van der Waals surface area contributed by atoms with Crippen LogP contribution in [0.3, 0.4) is 0 Å². The Morgan fingerprint density at radius 3 is 2.21 bits per heavy atom. The summed E-state index contributed by atoms with van der Waals surface area (Å²) >= 11 is 0. The maximum Gasteiger partial charge on any atom is 0.420 e. The van der Waals surface area contributed by atoms with Gasteiger partial charge in [-0.1, -0.05) is 18.2 Å². The van der Waals surface area contributed by atoms with Crippen LogP contribution in [0.1, 0.15) is 23.5 Å². The van der Waals surface area contributed by atoms with Gasteiger partial charge in [0.25, 0.3) is 0 Å². The van der Waals surface area contributed by atoms with E-state index >= 15 is 0 Å². The summed E-state index contributed by atoms with van der Waals surface area (Å²) < 4.78 is 78.4. The van der Waals surface area contributed by atoms with Crippen LogP contribution in [0.4, 0.5) is 26.3 Å². The fourth-order valence-corrected chi connectivity index (χ4v) is 3.01. The summed E-state index contributed by atoms with van der Waals surface area (Å²) in [5.74, 6) is 0. The van der Waals surface area contributed by atoms with Crippen molar-refractivity contribution < 1.29 is 36.6 Å². The Labute approximate surface area is 154 Å². The lowest BCUT2D eigenvalue weighted by atomic mass is 9.98. The number of benzene rings is 1. The van der Waals surface area contributed by atoms with Crippen LogP contribution in [0, 0.1) is 0 Å². The lowest BCUT2D eigenvalue weighted by Gasteiger charge is -2.17. The molecule has 150 valence electrons. The number of aliphatic hydroxyl groups excluding tert-OH is 2. The predicted molar refractivity (Wildman–Crippen MR) is 88.2 cm³/mol. The van der Waals surface area contributed by atoms with Crippen LogP contribution in [0.25, 0.3) is 22.0 Å². The van der Waals surface area contributed by atoms with Gasteiger partial charge in [-0.15, -0.1) is 0 Å². The zero-order valence-electron chi connectivity index (χ0n) is 14.3. The molecule has 0 saturated carbocycles. The average Bonchev–Trinajstić information content (AvgIpc) is 2.99. The highest BCUT2D eigenvalue weighted by atomic mass is 19.4. The number of aryl methyl sites for hydroxylation is 1. The first kappa shape index (κ1) is 20.2. The minimum Gasteiger partial charge on any atom is -0.379 e. The highest BCUT2D eigenvalue weighted by Gasteiger charge is 2.41. The van der Waals surface area contributed by atoms with Crippen molar-refractivity contribution in [3.8, 4) is 11.1 Å². The second kappa shape index (κ2) is 6.78. The number of hydrogen-bond donors (Lipinski definition) is 2. The monoisotopic (exact) mass is 404 g/mol. The summed E-state index contributed by atoms with van der Waals surface area (Å²) in [7, 11) is 1.31. The number of aliphatic hydroxyl groups is 2. The van der Waals surface area contributed by atoms with E-state index in [1.165, 1.54) is 31.4 Å². The molecule has 4 nitrogen and oxygen atoms in total. The van der Waals surface area contributed by atoms with E-state index in [4.69, 9.17) is 0 Å². The Morgan fingerprint density at radius 2 is 1.61 bits per heavy atom. The molecule has 0 radical (unpaired) electrons. The van der Waals surface area contributed by atoms with Gasteiger partial charge in [0.1, 0.15) is 0 Å². The molecule has 0 bridgehead atoms. The van der Waals surface area contributed by atoms with Crippen molar-refractivity contribution in [2.45, 2.75) is 24.6 Å². The van der Waals surface area contributed by atoms with Crippen molar-refractivity contribution >= 4 is 10.9 Å². The minimum absolute atomic E-state index is 0.0200. The zero-order chi connectivity index (χ0) is 20.9. The number of aromatic nitrogens is 2. The van der Waals surface area contributed by atoms with Gasteiger partial charge >= 0.3 is 12.4 Å². The number of fused-ring (bicyclic) bond motifs is 1. The van der Waals surface area contributed by atoms with Crippen LogP contribution in [-0.4, -0.2) is 32.1 Å². The molecule has 28 heavy (non-hydrogen) atoms. The minimum atomic E-state index is -4.89. The third-order valence-electron chi connectivity index (χ3n) is 4.35. The molecule has 0 spiro atoms. The van der Waals surface area contributed by atoms with Crippen molar-refractivity contribution in [3.63, 3.8) is 0 Å². The lowest BCUT2D eigenvalue weighted by molar-refractivity contribution is -0.208. The van der Waals surface area contributed by atoms with Crippen molar-refractivity contribution in [2.75, 3.05) is 0 Å². The summed E-state index contributed by atoms with van der Waals surface area (Å²) in [6.07, 6.45) is -12.8. The fraction of sp³-hybridized carbons (Fsp3) is 0.278. The molecule has 0 aliphatic heterocycles. The van der Waals surface area contributed by atoms with Crippen molar-refractivity contribution in [1.29, 1.82) is 0 Å². The highest BCUT2D eigenvalue weighted by molar-refractivity contribution is 5.95. The van der Waals surface area contributed by atoms with E-state index in [1.807, 2.05) is 0 Å². The Balaban J connectivity index is 2.16. The van der Waals surface area contributed by atoms with E-state index in [0.717, 1.165) is 22.9 Å². The van der Waals surface area contributed by atoms with Gasteiger partial charge < -0.3 is 14.8 Å². The van der Waals surface area contributed by atoms with Crippen LogP contribution in [0.2, 0.25) is 0 Å². The van der Waals surface area contributed by atoms with Crippen molar-refractivity contribution in [3.05, 3.63) is 54.0 Å². The molecule has 0 aliphatic rings. The second-order valence-electron chi connectivity index (χ2n) is 6.25. The molecule has 0 fully saturated rings. The number of halogens is 6. The molecule has 10 heteroatoms. The first-order valence-electron chi connectivity index (χ1n) is 7.95. The first-order chi connectivity index (χ1) is 12.9. The van der Waals surface area contributed by atoms with Gasteiger partial charge in [0.2, 0.25) is 0 Å². The van der Waals surface area contributed by atoms with Crippen LogP contribution in [-0.2, 0) is 7.05 Å². The van der Waals surface area contributed by atoms with Crippen LogP contribution in [0.5, 0.6) is 0 Å². The van der Waals surface area contributed by atoms with E-state index in [9.17, 15) is 36.6 Å². The quantitative estimate of drug-likeness (QED) is 0.635. The van der Waals surface area contributed by atoms with Gasteiger partial charge in [0, 0.05) is 41.5 Å². The average molecular weight is 404 g/mol. The summed E-state index contributed by atoms with van der Waals surface area (Å²) in [6, 6.07) is 6.37. The molecule has 0 aliphatic carbocycles. The molecule has 3 rings (SSSR count). The molecule has 3 aromatic rings. The molecule has 2 atom stereocenters. The second-order valence-corrected chi connectivity index (χ2v) is 6.25. The van der Waals surface area contributed by atoms with E-state index in [1.54, 1.807) is 0 Å². The number of alkyl halides is 6. The normalized spacial score (nSPS) is 15.0. The number of para-hydroxylation sites is 1. The Kier molecular flexibility index (Phi) is 4.88. The molecular weight excluding hydrogens is 390 g/mol. The molecule has 2 unspecified atom stereocenters. The summed E-state index contributed by atoms with van der Waals surface area (Å²) in [4.78, 5) is 4.04. The fourth-order valence-electron chi connectivity index (χ4n) is 3.01. The molecule has 2 aromatic heterocycles. The van der Waals surface area contributed by atoms with Crippen LogP contribution in [0.15, 0.2) is 42.7 Å². The smallest absolute Gasteiger partial charge is 0.379 e. The van der Waals surface area contributed by atoms with Crippen LogP contribution < -0.4 is 0 Å². The largest absolute Gasteiger partial charge is 0.420 e. The third kappa shape index (κ3) is 3.57. The van der Waals surface area contributed by atoms with Gasteiger partial charge in [-0.05, 0) is 12.1 Å². The molecule has 2 N–H and O–H groups in total. The Morgan fingerprint density at radius 1 is 0.964 bits per heavy atom. The number of hydrogen-bond acceptors (Lipinski definition) is 3. The van der Waals surface area contributed by atoms with Crippen LogP contribution >= 0.6 is 0 Å². The Hall–Kier alpha value is -2.59. The Bertz CT molecular complexity index is 1010. The standard InChI is InChI=1S/C18H14F6N2O2/c1-26-8-9(7-13(26)16(28)18(22,23)24)10-3-2-4-11-12(5-6-25-14(10)11)15(27)17(19,20)21/h2-8,15-16,27-28H,1H3. The van der Waals surface area contributed by atoms with Gasteiger partial charge in [-0.25, -0.2) is 0 Å². The number of rotatable bonds is 3. The van der Waals surface area contributed by atoms with Gasteiger partial charge in [0.15, 0.2) is 12.2 Å². The third-order valence-corrected chi connectivity index (χ3v) is 4.35. The number of nitrogens with zero attached hydrogens (tertiary/aromatic N) is 2. The van der Waals surface area contributed by atoms with E-state index < -0.39 is 35.8 Å². The molecule has 2 heterocycles. The highest BCUT2D eigenvalue weighted by Crippen LogP contribution is 2.39. The maximum atomic E-state index is 12.9. The molecule has 0 saturated heterocycles. The number of pyridine rings is 1. The van der Waals surface area contributed by atoms with Crippen molar-refractivity contribution in [1.82, 2.24) is 9.55 Å². The topological polar surface area (TPSA) is 58.3 Å².